The fraction of sp³-hybridized carbons (Fsp3) is 0.300. The van der Waals surface area contributed by atoms with Crippen LogP contribution in [0, 0.1) is 11.3 Å². The molecule has 142 valence electrons. The van der Waals surface area contributed by atoms with E-state index in [1.54, 1.807) is 11.3 Å². The highest BCUT2D eigenvalue weighted by atomic mass is 32.2. The Morgan fingerprint density at radius 2 is 2.00 bits per heavy atom. The molecule has 1 amide bonds. The highest BCUT2D eigenvalue weighted by Crippen LogP contribution is 2.31. The Morgan fingerprint density at radius 1 is 1.21 bits per heavy atom. The van der Waals surface area contributed by atoms with Crippen molar-refractivity contribution >= 4 is 29.0 Å². The molecule has 1 N–H and O–H groups in total. The van der Waals surface area contributed by atoms with Gasteiger partial charge in [0, 0.05) is 5.69 Å². The highest BCUT2D eigenvalue weighted by Gasteiger charge is 2.35. The van der Waals surface area contributed by atoms with Gasteiger partial charge in [0.15, 0.2) is 11.0 Å². The SMILES string of the molecule is N#CC1(NC(=O)CSc2nnc(-c3cccs3)n2-c2ccccc2)CCCC1. The van der Waals surface area contributed by atoms with E-state index in [-0.39, 0.29) is 11.7 Å². The summed E-state index contributed by atoms with van der Waals surface area (Å²) < 4.78 is 1.97. The van der Waals surface area contributed by atoms with Crippen molar-refractivity contribution in [2.45, 2.75) is 36.4 Å². The molecule has 0 spiro atoms. The van der Waals surface area contributed by atoms with Crippen LogP contribution in [-0.2, 0) is 4.79 Å². The lowest BCUT2D eigenvalue weighted by molar-refractivity contribution is -0.119. The summed E-state index contributed by atoms with van der Waals surface area (Å²) >= 11 is 2.93. The maximum atomic E-state index is 12.5. The van der Waals surface area contributed by atoms with E-state index in [0.717, 1.165) is 42.1 Å². The van der Waals surface area contributed by atoms with Crippen LogP contribution in [0.1, 0.15) is 25.7 Å². The molecule has 2 aromatic heterocycles. The van der Waals surface area contributed by atoms with Crippen molar-refractivity contribution in [2.24, 2.45) is 0 Å². The minimum atomic E-state index is -0.702. The number of carbonyl (C=O) groups is 1. The van der Waals surface area contributed by atoms with Crippen LogP contribution < -0.4 is 5.32 Å². The van der Waals surface area contributed by atoms with Crippen LogP contribution in [0.4, 0.5) is 0 Å². The summed E-state index contributed by atoms with van der Waals surface area (Å²) in [4.78, 5) is 13.5. The van der Waals surface area contributed by atoms with E-state index in [1.807, 2.05) is 52.4 Å². The van der Waals surface area contributed by atoms with Gasteiger partial charge in [0.25, 0.3) is 0 Å². The summed E-state index contributed by atoms with van der Waals surface area (Å²) in [6, 6.07) is 16.2. The lowest BCUT2D eigenvalue weighted by Crippen LogP contribution is -2.45. The number of para-hydroxylation sites is 1. The second-order valence-corrected chi connectivity index (χ2v) is 8.58. The monoisotopic (exact) mass is 409 g/mol. The molecule has 0 unspecified atom stereocenters. The summed E-state index contributed by atoms with van der Waals surface area (Å²) in [6.07, 6.45) is 3.41. The van der Waals surface area contributed by atoms with Gasteiger partial charge < -0.3 is 5.32 Å². The second kappa shape index (κ2) is 8.17. The van der Waals surface area contributed by atoms with Gasteiger partial charge in [-0.15, -0.1) is 21.5 Å². The van der Waals surface area contributed by atoms with E-state index in [9.17, 15) is 10.1 Å². The standard InChI is InChI=1S/C20H19N5OS2/c21-14-20(10-4-5-11-20)22-17(26)13-28-19-24-23-18(16-9-6-12-27-16)25(19)15-7-2-1-3-8-15/h1-3,6-9,12H,4-5,10-11,13H2,(H,22,26). The van der Waals surface area contributed by atoms with E-state index in [1.165, 1.54) is 11.8 Å². The lowest BCUT2D eigenvalue weighted by Gasteiger charge is -2.21. The van der Waals surface area contributed by atoms with Gasteiger partial charge in [0.05, 0.1) is 16.7 Å². The molecule has 4 rings (SSSR count). The second-order valence-electron chi connectivity index (χ2n) is 6.69. The predicted octanol–water partition coefficient (Wildman–Crippen LogP) is 4.04. The van der Waals surface area contributed by atoms with Gasteiger partial charge in [0.2, 0.25) is 5.91 Å². The zero-order valence-corrected chi connectivity index (χ0v) is 16.8. The molecule has 1 fully saturated rings. The number of aromatic nitrogens is 3. The molecule has 28 heavy (non-hydrogen) atoms. The van der Waals surface area contributed by atoms with Gasteiger partial charge >= 0.3 is 0 Å². The van der Waals surface area contributed by atoms with Crippen molar-refractivity contribution in [2.75, 3.05) is 5.75 Å². The summed E-state index contributed by atoms with van der Waals surface area (Å²) in [5, 5.41) is 23.7. The molecule has 0 saturated heterocycles. The van der Waals surface area contributed by atoms with Crippen LogP contribution in [0.25, 0.3) is 16.4 Å². The minimum Gasteiger partial charge on any atom is -0.337 e. The fourth-order valence-electron chi connectivity index (χ4n) is 3.42. The lowest BCUT2D eigenvalue weighted by atomic mass is 10.0. The van der Waals surface area contributed by atoms with Crippen molar-refractivity contribution in [3.05, 3.63) is 47.8 Å². The van der Waals surface area contributed by atoms with Gasteiger partial charge in [-0.2, -0.15) is 5.26 Å². The molecule has 0 aliphatic heterocycles. The van der Waals surface area contributed by atoms with Gasteiger partial charge in [0.1, 0.15) is 5.54 Å². The van der Waals surface area contributed by atoms with E-state index >= 15 is 0 Å². The van der Waals surface area contributed by atoms with Crippen molar-refractivity contribution in [3.63, 3.8) is 0 Å². The molecule has 1 aliphatic carbocycles. The highest BCUT2D eigenvalue weighted by molar-refractivity contribution is 7.99. The smallest absolute Gasteiger partial charge is 0.231 e. The van der Waals surface area contributed by atoms with Crippen molar-refractivity contribution in [3.8, 4) is 22.5 Å². The Kier molecular flexibility index (Phi) is 5.46. The first kappa shape index (κ1) is 18.7. The van der Waals surface area contributed by atoms with E-state index < -0.39 is 5.54 Å². The molecule has 8 heteroatoms. The van der Waals surface area contributed by atoms with Gasteiger partial charge in [-0.1, -0.05) is 36.0 Å². The molecule has 1 aromatic carbocycles. The average Bonchev–Trinajstić information content (AvgIpc) is 3.47. The maximum absolute atomic E-state index is 12.5. The zero-order chi connectivity index (χ0) is 19.4. The molecule has 0 atom stereocenters. The number of amides is 1. The number of nitriles is 1. The first-order valence-electron chi connectivity index (χ1n) is 9.11. The van der Waals surface area contributed by atoms with Crippen molar-refractivity contribution in [1.82, 2.24) is 20.1 Å². The number of hydrogen-bond acceptors (Lipinski definition) is 6. The Morgan fingerprint density at radius 3 is 2.68 bits per heavy atom. The minimum absolute atomic E-state index is 0.145. The van der Waals surface area contributed by atoms with Crippen LogP contribution in [0.3, 0.4) is 0 Å². The Balaban J connectivity index is 1.55. The molecule has 1 aliphatic rings. The zero-order valence-electron chi connectivity index (χ0n) is 15.2. The number of benzene rings is 1. The van der Waals surface area contributed by atoms with Gasteiger partial charge in [-0.3, -0.25) is 9.36 Å². The number of thioether (sulfide) groups is 1. The number of hydrogen-bond donors (Lipinski definition) is 1. The number of nitrogens with zero attached hydrogens (tertiary/aromatic N) is 4. The first-order chi connectivity index (χ1) is 13.7. The average molecular weight is 410 g/mol. The number of rotatable bonds is 6. The Hall–Kier alpha value is -2.63. The predicted molar refractivity (Wildman–Crippen MR) is 110 cm³/mol. The third-order valence-corrected chi connectivity index (χ3v) is 6.57. The van der Waals surface area contributed by atoms with Gasteiger partial charge in [-0.25, -0.2) is 0 Å². The van der Waals surface area contributed by atoms with Crippen LogP contribution in [0.2, 0.25) is 0 Å². The summed E-state index contributed by atoms with van der Waals surface area (Å²) in [6.45, 7) is 0. The third kappa shape index (κ3) is 3.81. The molecular formula is C20H19N5OS2. The normalized spacial score (nSPS) is 15.2. The fourth-order valence-corrected chi connectivity index (χ4v) is 4.87. The van der Waals surface area contributed by atoms with Gasteiger partial charge in [-0.05, 0) is 49.3 Å². The van der Waals surface area contributed by atoms with E-state index in [4.69, 9.17) is 0 Å². The van der Waals surface area contributed by atoms with Crippen molar-refractivity contribution < 1.29 is 4.79 Å². The molecule has 2 heterocycles. The number of nitrogens with one attached hydrogen (secondary N) is 1. The van der Waals surface area contributed by atoms with Crippen LogP contribution >= 0.6 is 23.1 Å². The molecular weight excluding hydrogens is 390 g/mol. The summed E-state index contributed by atoms with van der Waals surface area (Å²) in [7, 11) is 0. The van der Waals surface area contributed by atoms with E-state index in [2.05, 4.69) is 21.6 Å². The Bertz CT molecular complexity index is 986. The molecule has 3 aromatic rings. The molecule has 6 nitrogen and oxygen atoms in total. The Labute approximate surface area is 171 Å². The summed E-state index contributed by atoms with van der Waals surface area (Å²) in [5.41, 5.74) is 0.246. The molecule has 0 bridgehead atoms. The topological polar surface area (TPSA) is 83.6 Å². The van der Waals surface area contributed by atoms with Crippen molar-refractivity contribution in [1.29, 1.82) is 5.26 Å². The summed E-state index contributed by atoms with van der Waals surface area (Å²) in [5.74, 6) is 0.806. The number of carbonyl (C=O) groups excluding carboxylic acids is 1. The van der Waals surface area contributed by atoms with Crippen LogP contribution in [0.5, 0.6) is 0 Å². The first-order valence-corrected chi connectivity index (χ1v) is 11.0. The largest absolute Gasteiger partial charge is 0.337 e. The maximum Gasteiger partial charge on any atom is 0.231 e. The number of thiophene rings is 1. The van der Waals surface area contributed by atoms with E-state index in [0.29, 0.717) is 5.16 Å². The third-order valence-electron chi connectivity index (χ3n) is 4.77. The molecule has 0 radical (unpaired) electrons. The molecule has 1 saturated carbocycles. The van der Waals surface area contributed by atoms with Crippen LogP contribution in [-0.4, -0.2) is 32.0 Å². The quantitative estimate of drug-likeness (QED) is 0.621. The van der Waals surface area contributed by atoms with Crippen LogP contribution in [0.15, 0.2) is 53.0 Å².